The highest BCUT2D eigenvalue weighted by Gasteiger charge is 2.38. The Kier molecular flexibility index (Phi) is 4.36. The Hall–Kier alpha value is -2.86. The van der Waals surface area contributed by atoms with Crippen molar-refractivity contribution in [2.75, 3.05) is 32.3 Å². The van der Waals surface area contributed by atoms with Crippen molar-refractivity contribution in [2.24, 2.45) is 0 Å². The van der Waals surface area contributed by atoms with Gasteiger partial charge < -0.3 is 14.4 Å². The van der Waals surface area contributed by atoms with E-state index in [9.17, 15) is 9.59 Å². The second-order valence-corrected chi connectivity index (χ2v) is 7.14. The Morgan fingerprint density at radius 2 is 1.74 bits per heavy atom. The third-order valence-corrected chi connectivity index (χ3v) is 5.40. The van der Waals surface area contributed by atoms with Crippen LogP contribution in [0.5, 0.6) is 11.5 Å². The fourth-order valence-corrected chi connectivity index (χ4v) is 3.96. The molecule has 2 aromatic rings. The van der Waals surface area contributed by atoms with Crippen LogP contribution >= 0.6 is 0 Å². The van der Waals surface area contributed by atoms with Gasteiger partial charge in [0, 0.05) is 12.0 Å². The van der Waals surface area contributed by atoms with E-state index in [1.54, 1.807) is 25.2 Å². The number of rotatable bonds is 4. The van der Waals surface area contributed by atoms with Crippen molar-refractivity contribution < 1.29 is 24.0 Å². The lowest BCUT2D eigenvalue weighted by atomic mass is 9.99. The predicted molar refractivity (Wildman–Crippen MR) is 101 cm³/mol. The summed E-state index contributed by atoms with van der Waals surface area (Å²) in [6, 6.07) is 9.66. The number of nitrogens with zero attached hydrogens (tertiary/aromatic N) is 1. The molecule has 1 atom stereocenters. The predicted octanol–water partition coefficient (Wildman–Crippen LogP) is 1.14. The molecular formula is C21H23N2O4+. The van der Waals surface area contributed by atoms with Gasteiger partial charge in [0.05, 0.1) is 32.0 Å². The number of hydrogen-bond donors (Lipinski definition) is 1. The molecule has 0 bridgehead atoms. The van der Waals surface area contributed by atoms with Crippen molar-refractivity contribution in [3.63, 3.8) is 0 Å². The number of nitrogens with one attached hydrogen (secondary N) is 1. The minimum absolute atomic E-state index is 0.406. The van der Waals surface area contributed by atoms with Crippen LogP contribution in [0, 0.1) is 6.92 Å². The highest BCUT2D eigenvalue weighted by atomic mass is 16.5. The fourth-order valence-electron chi connectivity index (χ4n) is 3.96. The Balaban J connectivity index is 1.57. The smallest absolute Gasteiger partial charge is 0.303 e. The van der Waals surface area contributed by atoms with Crippen LogP contribution in [-0.2, 0) is 17.8 Å². The Morgan fingerprint density at radius 1 is 1.04 bits per heavy atom. The molecule has 2 aliphatic rings. The first-order valence-electron chi connectivity index (χ1n) is 9.06. The molecule has 4 rings (SSSR count). The zero-order chi connectivity index (χ0) is 19.1. The number of methoxy groups -OCH3 is 2. The molecule has 6 heteroatoms. The molecule has 0 aromatic heterocycles. The summed E-state index contributed by atoms with van der Waals surface area (Å²) in [6.45, 7) is 4.07. The first-order valence-corrected chi connectivity index (χ1v) is 9.06. The number of ether oxygens (including phenoxy) is 2. The van der Waals surface area contributed by atoms with Gasteiger partial charge in [-0.05, 0) is 36.8 Å². The number of aryl methyl sites for hydroxylation is 1. The van der Waals surface area contributed by atoms with Crippen LogP contribution in [0.3, 0.4) is 0 Å². The number of quaternary nitrogens is 1. The number of carbonyl (C=O) groups is 2. The van der Waals surface area contributed by atoms with Crippen LogP contribution in [0.25, 0.3) is 0 Å². The first kappa shape index (κ1) is 17.5. The van der Waals surface area contributed by atoms with Gasteiger partial charge in [-0.1, -0.05) is 11.6 Å². The van der Waals surface area contributed by atoms with Crippen molar-refractivity contribution >= 4 is 17.4 Å². The SMILES string of the molecule is COc1cc2c(cc1OC)C[NH+](CN1C(=O)C(=O)c3cc(C)ccc31)CC2. The number of ketones is 1. The quantitative estimate of drug-likeness (QED) is 0.824. The molecule has 0 spiro atoms. The molecule has 1 unspecified atom stereocenters. The van der Waals surface area contributed by atoms with Gasteiger partial charge >= 0.3 is 5.91 Å². The third kappa shape index (κ3) is 2.96. The number of amides is 1. The van der Waals surface area contributed by atoms with Gasteiger partial charge in [0.2, 0.25) is 0 Å². The summed E-state index contributed by atoms with van der Waals surface area (Å²) in [5.74, 6) is 0.619. The fraction of sp³-hybridized carbons (Fsp3) is 0.333. The lowest BCUT2D eigenvalue weighted by Gasteiger charge is -2.29. The summed E-state index contributed by atoms with van der Waals surface area (Å²) < 4.78 is 10.8. The van der Waals surface area contributed by atoms with Crippen LogP contribution in [0.15, 0.2) is 30.3 Å². The topological polar surface area (TPSA) is 60.3 Å². The largest absolute Gasteiger partial charge is 0.493 e. The van der Waals surface area contributed by atoms with Crippen LogP contribution in [0.2, 0.25) is 0 Å². The van der Waals surface area contributed by atoms with Gasteiger partial charge in [0.15, 0.2) is 18.2 Å². The van der Waals surface area contributed by atoms with E-state index in [0.717, 1.165) is 36.5 Å². The van der Waals surface area contributed by atoms with Gasteiger partial charge in [-0.15, -0.1) is 0 Å². The number of benzene rings is 2. The molecule has 0 aliphatic carbocycles. The lowest BCUT2D eigenvalue weighted by Crippen LogP contribution is -3.13. The molecule has 140 valence electrons. The average molecular weight is 367 g/mol. The van der Waals surface area contributed by atoms with E-state index in [4.69, 9.17) is 9.47 Å². The van der Waals surface area contributed by atoms with Crippen LogP contribution in [-0.4, -0.2) is 39.1 Å². The van der Waals surface area contributed by atoms with Crippen molar-refractivity contribution in [2.45, 2.75) is 19.9 Å². The minimum atomic E-state index is -0.429. The van der Waals surface area contributed by atoms with Crippen LogP contribution in [0.4, 0.5) is 5.69 Å². The van der Waals surface area contributed by atoms with Crippen molar-refractivity contribution in [3.8, 4) is 11.5 Å². The molecular weight excluding hydrogens is 344 g/mol. The van der Waals surface area contributed by atoms with Crippen molar-refractivity contribution in [1.82, 2.24) is 0 Å². The number of carbonyl (C=O) groups excluding carboxylic acids is 2. The van der Waals surface area contributed by atoms with E-state index in [-0.39, 0.29) is 0 Å². The summed E-state index contributed by atoms with van der Waals surface area (Å²) in [4.78, 5) is 27.7. The molecule has 0 saturated carbocycles. The van der Waals surface area contributed by atoms with Crippen LogP contribution in [0.1, 0.15) is 27.0 Å². The van der Waals surface area contributed by atoms with E-state index < -0.39 is 11.7 Å². The lowest BCUT2D eigenvalue weighted by molar-refractivity contribution is -0.914. The summed E-state index contributed by atoms with van der Waals surface area (Å²) in [5, 5.41) is 0. The standard InChI is InChI=1S/C21H22N2O4/c1-13-4-5-17-16(8-13)20(24)21(25)23(17)12-22-7-6-14-9-18(26-2)19(27-3)10-15(14)11-22/h4-5,8-10H,6-7,11-12H2,1-3H3/p+1. The van der Waals surface area contributed by atoms with Gasteiger partial charge in [0.25, 0.3) is 5.78 Å². The molecule has 1 N–H and O–H groups in total. The second-order valence-electron chi connectivity index (χ2n) is 7.14. The molecule has 0 fully saturated rings. The zero-order valence-corrected chi connectivity index (χ0v) is 15.8. The molecule has 2 aromatic carbocycles. The summed E-state index contributed by atoms with van der Waals surface area (Å²) >= 11 is 0. The molecule has 0 saturated heterocycles. The maximum Gasteiger partial charge on any atom is 0.303 e. The second kappa shape index (κ2) is 6.70. The molecule has 27 heavy (non-hydrogen) atoms. The monoisotopic (exact) mass is 367 g/mol. The normalized spacial score (nSPS) is 18.3. The number of hydrogen-bond acceptors (Lipinski definition) is 4. The Labute approximate surface area is 158 Å². The summed E-state index contributed by atoms with van der Waals surface area (Å²) in [7, 11) is 3.27. The van der Waals surface area contributed by atoms with E-state index in [2.05, 4.69) is 0 Å². The zero-order valence-electron chi connectivity index (χ0n) is 15.8. The molecule has 0 radical (unpaired) electrons. The third-order valence-electron chi connectivity index (χ3n) is 5.40. The van der Waals surface area contributed by atoms with Gasteiger partial charge in [-0.2, -0.15) is 0 Å². The number of anilines is 1. The Bertz CT molecular complexity index is 938. The summed E-state index contributed by atoms with van der Waals surface area (Å²) in [6.07, 6.45) is 0.891. The highest BCUT2D eigenvalue weighted by Crippen LogP contribution is 2.32. The van der Waals surface area contributed by atoms with E-state index in [1.807, 2.05) is 31.2 Å². The Morgan fingerprint density at radius 3 is 2.44 bits per heavy atom. The average Bonchev–Trinajstić information content (AvgIpc) is 2.91. The highest BCUT2D eigenvalue weighted by molar-refractivity contribution is 6.52. The van der Waals surface area contributed by atoms with Gasteiger partial charge in [0.1, 0.15) is 6.54 Å². The van der Waals surface area contributed by atoms with Crippen molar-refractivity contribution in [3.05, 3.63) is 52.6 Å². The molecule has 6 nitrogen and oxygen atoms in total. The van der Waals surface area contributed by atoms with Crippen molar-refractivity contribution in [1.29, 1.82) is 0 Å². The summed E-state index contributed by atoms with van der Waals surface area (Å²) in [5.41, 5.74) is 4.66. The number of fused-ring (bicyclic) bond motifs is 2. The van der Waals surface area contributed by atoms with E-state index in [0.29, 0.717) is 18.0 Å². The van der Waals surface area contributed by atoms with E-state index in [1.165, 1.54) is 16.0 Å². The van der Waals surface area contributed by atoms with E-state index >= 15 is 0 Å². The molecule has 1 amide bonds. The van der Waals surface area contributed by atoms with Gasteiger partial charge in [-0.25, -0.2) is 0 Å². The number of Topliss-reactive ketones (excluding diaryl/α,β-unsaturated/α-hetero) is 1. The first-order chi connectivity index (χ1) is 13.0. The molecule has 2 heterocycles. The minimum Gasteiger partial charge on any atom is -0.493 e. The van der Waals surface area contributed by atoms with Crippen LogP contribution < -0.4 is 19.3 Å². The van der Waals surface area contributed by atoms with Gasteiger partial charge in [-0.3, -0.25) is 14.5 Å². The maximum absolute atomic E-state index is 12.5. The maximum atomic E-state index is 12.5. The molecule has 2 aliphatic heterocycles.